The summed E-state index contributed by atoms with van der Waals surface area (Å²) in [5.74, 6) is 0. The van der Waals surface area contributed by atoms with E-state index in [1.165, 1.54) is 22.3 Å². The predicted octanol–water partition coefficient (Wildman–Crippen LogP) is 5.66. The Labute approximate surface area is 121 Å². The van der Waals surface area contributed by atoms with Crippen molar-refractivity contribution >= 4 is 0 Å². The highest BCUT2D eigenvalue weighted by atomic mass is 14.0. The van der Waals surface area contributed by atoms with Gasteiger partial charge in [0, 0.05) is 0 Å². The molecule has 0 aliphatic heterocycles. The van der Waals surface area contributed by atoms with Crippen LogP contribution in [-0.2, 0) is 0 Å². The summed E-state index contributed by atoms with van der Waals surface area (Å²) in [6.07, 6.45) is 0. The lowest BCUT2D eigenvalue weighted by atomic mass is 10.0. The van der Waals surface area contributed by atoms with Crippen molar-refractivity contribution in [2.45, 2.75) is 13.8 Å². The minimum absolute atomic E-state index is 1.28. The molecule has 0 aliphatic rings. The number of hydrogen-bond donors (Lipinski definition) is 0. The molecule has 0 unspecified atom stereocenters. The molecular weight excluding hydrogens is 240 g/mol. The first kappa shape index (κ1) is 14.1. The molecule has 0 heteroatoms. The van der Waals surface area contributed by atoms with Crippen molar-refractivity contribution in [1.82, 2.24) is 0 Å². The third-order valence-electron chi connectivity index (χ3n) is 3.10. The molecule has 3 aromatic rings. The second kappa shape index (κ2) is 7.30. The fourth-order valence-electron chi connectivity index (χ4n) is 1.91. The molecule has 20 heavy (non-hydrogen) atoms. The van der Waals surface area contributed by atoms with Gasteiger partial charge in [-0.15, -0.1) is 0 Å². The van der Waals surface area contributed by atoms with Gasteiger partial charge >= 0.3 is 0 Å². The Morgan fingerprint density at radius 3 is 1.25 bits per heavy atom. The average molecular weight is 260 g/mol. The van der Waals surface area contributed by atoms with Crippen LogP contribution in [0.4, 0.5) is 0 Å². The lowest BCUT2D eigenvalue weighted by molar-refractivity contribution is 1.47. The first-order valence-corrected chi connectivity index (χ1v) is 6.89. The van der Waals surface area contributed by atoms with Crippen molar-refractivity contribution in [2.24, 2.45) is 0 Å². The highest BCUT2D eigenvalue weighted by Crippen LogP contribution is 2.18. The first-order chi connectivity index (χ1) is 9.75. The van der Waals surface area contributed by atoms with Crippen LogP contribution in [0.2, 0.25) is 0 Å². The zero-order valence-corrected chi connectivity index (χ0v) is 12.1. The van der Waals surface area contributed by atoms with E-state index in [0.717, 1.165) is 0 Å². The summed E-state index contributed by atoms with van der Waals surface area (Å²) in [5.41, 5.74) is 5.19. The second-order valence-electron chi connectivity index (χ2n) is 4.89. The number of rotatable bonds is 1. The van der Waals surface area contributed by atoms with Gasteiger partial charge in [-0.05, 0) is 25.0 Å². The maximum atomic E-state index is 2.16. The third-order valence-corrected chi connectivity index (χ3v) is 3.10. The van der Waals surface area contributed by atoms with Crippen LogP contribution in [-0.4, -0.2) is 0 Å². The van der Waals surface area contributed by atoms with Crippen molar-refractivity contribution < 1.29 is 0 Å². The van der Waals surface area contributed by atoms with E-state index in [1.54, 1.807) is 0 Å². The maximum Gasteiger partial charge on any atom is -0.0184 e. The molecule has 0 amide bonds. The van der Waals surface area contributed by atoms with Crippen LogP contribution in [0.1, 0.15) is 11.1 Å². The molecule has 0 spiro atoms. The monoisotopic (exact) mass is 260 g/mol. The smallest absolute Gasteiger partial charge is 0.0184 e. The van der Waals surface area contributed by atoms with Crippen LogP contribution in [0.25, 0.3) is 11.1 Å². The molecule has 0 radical (unpaired) electrons. The molecule has 0 heterocycles. The van der Waals surface area contributed by atoms with E-state index in [4.69, 9.17) is 0 Å². The van der Waals surface area contributed by atoms with Gasteiger partial charge in [-0.25, -0.2) is 0 Å². The van der Waals surface area contributed by atoms with E-state index < -0.39 is 0 Å². The van der Waals surface area contributed by atoms with Crippen LogP contribution >= 0.6 is 0 Å². The van der Waals surface area contributed by atoms with E-state index in [-0.39, 0.29) is 0 Å². The molecule has 0 saturated carbocycles. The Hall–Kier alpha value is -2.34. The van der Waals surface area contributed by atoms with Gasteiger partial charge in [-0.3, -0.25) is 0 Å². The number of benzene rings is 3. The number of hydrogen-bond acceptors (Lipinski definition) is 0. The Bertz CT molecular complexity index is 607. The molecule has 3 rings (SSSR count). The fourth-order valence-corrected chi connectivity index (χ4v) is 1.91. The molecule has 0 fully saturated rings. The lowest BCUT2D eigenvalue weighted by Crippen LogP contribution is -1.76. The minimum atomic E-state index is 1.28. The van der Waals surface area contributed by atoms with E-state index in [1.807, 2.05) is 24.3 Å². The molecule has 0 saturated heterocycles. The zero-order chi connectivity index (χ0) is 14.2. The Kier molecular flexibility index (Phi) is 5.14. The summed E-state index contributed by atoms with van der Waals surface area (Å²) in [6, 6.07) is 29.3. The Morgan fingerprint density at radius 2 is 0.800 bits per heavy atom. The van der Waals surface area contributed by atoms with Crippen LogP contribution in [0.15, 0.2) is 84.9 Å². The molecule has 0 N–H and O–H groups in total. The molecular formula is C20H20. The Morgan fingerprint density at radius 1 is 0.400 bits per heavy atom. The van der Waals surface area contributed by atoms with Gasteiger partial charge in [0.05, 0.1) is 0 Å². The van der Waals surface area contributed by atoms with Crippen molar-refractivity contribution in [1.29, 1.82) is 0 Å². The predicted molar refractivity (Wildman–Crippen MR) is 87.8 cm³/mol. The Balaban J connectivity index is 0.000000178. The van der Waals surface area contributed by atoms with Gasteiger partial charge in [0.2, 0.25) is 0 Å². The zero-order valence-electron chi connectivity index (χ0n) is 12.1. The molecule has 0 atom stereocenters. The van der Waals surface area contributed by atoms with Crippen LogP contribution in [0, 0.1) is 13.8 Å². The van der Waals surface area contributed by atoms with Gasteiger partial charge in [0.15, 0.2) is 0 Å². The molecule has 0 aliphatic carbocycles. The van der Waals surface area contributed by atoms with E-state index >= 15 is 0 Å². The lowest BCUT2D eigenvalue weighted by Gasteiger charge is -2.00. The van der Waals surface area contributed by atoms with Gasteiger partial charge < -0.3 is 0 Å². The second-order valence-corrected chi connectivity index (χ2v) is 4.89. The summed E-state index contributed by atoms with van der Waals surface area (Å²) in [7, 11) is 0. The number of aryl methyl sites for hydroxylation is 2. The molecule has 0 aromatic heterocycles. The summed E-state index contributed by atoms with van der Waals surface area (Å²) < 4.78 is 0. The highest BCUT2D eigenvalue weighted by molar-refractivity contribution is 5.63. The van der Waals surface area contributed by atoms with Crippen LogP contribution in [0.5, 0.6) is 0 Å². The van der Waals surface area contributed by atoms with Gasteiger partial charge in [0.25, 0.3) is 0 Å². The van der Waals surface area contributed by atoms with Crippen molar-refractivity contribution in [3.63, 3.8) is 0 Å². The summed E-state index contributed by atoms with van der Waals surface area (Å²) in [4.78, 5) is 0. The quantitative estimate of drug-likeness (QED) is 0.530. The SMILES string of the molecule is Cc1ccc(-c2ccccc2)cc1.Cc1ccccc1. The summed E-state index contributed by atoms with van der Waals surface area (Å²) in [5, 5.41) is 0. The van der Waals surface area contributed by atoms with Crippen molar-refractivity contribution in [3.05, 3.63) is 96.1 Å². The van der Waals surface area contributed by atoms with Gasteiger partial charge in [-0.2, -0.15) is 0 Å². The van der Waals surface area contributed by atoms with E-state index in [0.29, 0.717) is 0 Å². The molecule has 3 aromatic carbocycles. The highest BCUT2D eigenvalue weighted by Gasteiger charge is 1.93. The van der Waals surface area contributed by atoms with Gasteiger partial charge in [-0.1, -0.05) is 96.1 Å². The normalized spacial score (nSPS) is 9.50. The standard InChI is InChI=1S/C13H12.C7H8/c1-11-7-9-13(10-8-11)12-5-3-2-4-6-12;1-7-5-3-2-4-6-7/h2-10H,1H3;2-6H,1H3. The van der Waals surface area contributed by atoms with Crippen molar-refractivity contribution in [2.75, 3.05) is 0 Å². The molecule has 0 nitrogen and oxygen atoms in total. The van der Waals surface area contributed by atoms with E-state index in [2.05, 4.69) is 74.5 Å². The fraction of sp³-hybridized carbons (Fsp3) is 0.100. The maximum absolute atomic E-state index is 2.16. The largest absolute Gasteiger partial charge is 0.0622 e. The first-order valence-electron chi connectivity index (χ1n) is 6.89. The minimum Gasteiger partial charge on any atom is -0.0622 e. The van der Waals surface area contributed by atoms with Crippen molar-refractivity contribution in [3.8, 4) is 11.1 Å². The third kappa shape index (κ3) is 4.40. The van der Waals surface area contributed by atoms with Crippen LogP contribution in [0.3, 0.4) is 0 Å². The molecule has 100 valence electrons. The topological polar surface area (TPSA) is 0 Å². The summed E-state index contributed by atoms with van der Waals surface area (Å²) >= 11 is 0. The molecule has 0 bridgehead atoms. The van der Waals surface area contributed by atoms with Gasteiger partial charge in [0.1, 0.15) is 0 Å². The van der Waals surface area contributed by atoms with E-state index in [9.17, 15) is 0 Å². The average Bonchev–Trinajstić information content (AvgIpc) is 2.50. The summed E-state index contributed by atoms with van der Waals surface area (Å²) in [6.45, 7) is 4.19. The van der Waals surface area contributed by atoms with Crippen LogP contribution < -0.4 is 0 Å².